The lowest BCUT2D eigenvalue weighted by atomic mass is 10.1. The number of hydroxylamine groups is 2. The Balaban J connectivity index is 1.75. The Labute approximate surface area is 162 Å². The van der Waals surface area contributed by atoms with Gasteiger partial charge in [-0.25, -0.2) is 5.06 Å². The molecule has 1 aromatic heterocycles. The first-order valence-electron chi connectivity index (χ1n) is 7.90. The maximum atomic E-state index is 12.6. The lowest BCUT2D eigenvalue weighted by Crippen LogP contribution is -2.29. The van der Waals surface area contributed by atoms with Crippen LogP contribution >= 0.6 is 11.6 Å². The van der Waals surface area contributed by atoms with Crippen molar-refractivity contribution in [3.8, 4) is 11.4 Å². The van der Waals surface area contributed by atoms with Crippen molar-refractivity contribution in [1.82, 2.24) is 15.2 Å². The average molecular weight is 412 g/mol. The van der Waals surface area contributed by atoms with Crippen LogP contribution < -0.4 is 0 Å². The number of alkyl halides is 3. The molecule has 3 rings (SSSR count). The van der Waals surface area contributed by atoms with Crippen molar-refractivity contribution in [2.45, 2.75) is 12.7 Å². The zero-order valence-corrected chi connectivity index (χ0v) is 15.2. The fourth-order valence-corrected chi connectivity index (χ4v) is 2.59. The van der Waals surface area contributed by atoms with Crippen molar-refractivity contribution in [3.63, 3.8) is 0 Å². The fraction of sp³-hybridized carbons (Fsp3) is 0.167. The molecule has 0 aliphatic carbocycles. The summed E-state index contributed by atoms with van der Waals surface area (Å²) in [5.41, 5.74) is 1.30. The van der Waals surface area contributed by atoms with Gasteiger partial charge in [-0.15, -0.1) is 0 Å². The van der Waals surface area contributed by atoms with E-state index < -0.39 is 18.0 Å². The minimum absolute atomic E-state index is 0.0981. The second-order valence-corrected chi connectivity index (χ2v) is 6.03. The molecule has 0 saturated carbocycles. The Morgan fingerprint density at radius 3 is 2.43 bits per heavy atom. The van der Waals surface area contributed by atoms with E-state index in [1.165, 1.54) is 19.2 Å². The van der Waals surface area contributed by atoms with Gasteiger partial charge >= 0.3 is 12.1 Å². The molecule has 0 N–H and O–H groups in total. The second-order valence-electron chi connectivity index (χ2n) is 5.62. The first kappa shape index (κ1) is 19.8. The minimum Gasteiger partial charge on any atom is -0.329 e. The summed E-state index contributed by atoms with van der Waals surface area (Å²) in [4.78, 5) is 21.0. The summed E-state index contributed by atoms with van der Waals surface area (Å²) in [5.74, 6) is -2.03. The molecule has 146 valence electrons. The van der Waals surface area contributed by atoms with Gasteiger partial charge < -0.3 is 4.52 Å². The molecule has 0 bridgehead atoms. The van der Waals surface area contributed by atoms with Gasteiger partial charge in [0.05, 0.1) is 24.2 Å². The molecule has 0 atom stereocenters. The summed E-state index contributed by atoms with van der Waals surface area (Å²) >= 11 is 6.04. The molecule has 0 unspecified atom stereocenters. The first-order valence-corrected chi connectivity index (χ1v) is 8.28. The Hall–Kier alpha value is -2.91. The summed E-state index contributed by atoms with van der Waals surface area (Å²) in [6, 6.07) is 12.8. The van der Waals surface area contributed by atoms with Crippen molar-refractivity contribution in [2.75, 3.05) is 7.11 Å². The molecule has 0 aliphatic heterocycles. The van der Waals surface area contributed by atoms with Gasteiger partial charge in [0.25, 0.3) is 5.91 Å². The van der Waals surface area contributed by atoms with E-state index >= 15 is 0 Å². The van der Waals surface area contributed by atoms with Gasteiger partial charge in [0, 0.05) is 5.56 Å². The van der Waals surface area contributed by atoms with Crippen molar-refractivity contribution in [3.05, 3.63) is 70.6 Å². The van der Waals surface area contributed by atoms with Crippen LogP contribution in [-0.4, -0.2) is 28.2 Å². The van der Waals surface area contributed by atoms with Crippen LogP contribution in [0.5, 0.6) is 0 Å². The fourth-order valence-electron chi connectivity index (χ4n) is 2.37. The van der Waals surface area contributed by atoms with E-state index in [4.69, 9.17) is 16.4 Å². The highest BCUT2D eigenvalue weighted by Crippen LogP contribution is 2.29. The molecule has 3 aromatic rings. The number of benzene rings is 2. The zero-order valence-electron chi connectivity index (χ0n) is 14.4. The quantitative estimate of drug-likeness (QED) is 0.573. The van der Waals surface area contributed by atoms with Gasteiger partial charge in [0.2, 0.25) is 5.82 Å². The number of hydrogen-bond donors (Lipinski definition) is 0. The SMILES string of the molecule is CON(Cc1ccc(-c2noc(C(F)(F)F)n2)cc1)C(=O)c1ccccc1Cl. The Morgan fingerprint density at radius 2 is 1.86 bits per heavy atom. The third kappa shape index (κ3) is 4.32. The van der Waals surface area contributed by atoms with E-state index in [-0.39, 0.29) is 17.9 Å². The number of nitrogens with zero attached hydrogens (tertiary/aromatic N) is 3. The lowest BCUT2D eigenvalue weighted by molar-refractivity contribution is -0.159. The highest BCUT2D eigenvalue weighted by molar-refractivity contribution is 6.33. The molecule has 10 heteroatoms. The monoisotopic (exact) mass is 411 g/mol. The largest absolute Gasteiger partial charge is 0.471 e. The molecule has 28 heavy (non-hydrogen) atoms. The number of amides is 1. The summed E-state index contributed by atoms with van der Waals surface area (Å²) in [7, 11) is 1.35. The normalized spacial score (nSPS) is 11.5. The van der Waals surface area contributed by atoms with Crippen LogP contribution in [0, 0.1) is 0 Å². The van der Waals surface area contributed by atoms with Gasteiger partial charge in [0.15, 0.2) is 0 Å². The summed E-state index contributed by atoms with van der Waals surface area (Å²) in [6.45, 7) is 0.0981. The van der Waals surface area contributed by atoms with E-state index in [1.54, 1.807) is 36.4 Å². The van der Waals surface area contributed by atoms with Gasteiger partial charge in [-0.1, -0.05) is 53.2 Å². The van der Waals surface area contributed by atoms with Crippen LogP contribution in [0.15, 0.2) is 53.1 Å². The number of rotatable bonds is 5. The third-order valence-corrected chi connectivity index (χ3v) is 4.09. The number of carbonyl (C=O) groups is 1. The maximum absolute atomic E-state index is 12.6. The van der Waals surface area contributed by atoms with Crippen LogP contribution in [0.25, 0.3) is 11.4 Å². The summed E-state index contributed by atoms with van der Waals surface area (Å²) in [6.07, 6.45) is -4.71. The van der Waals surface area contributed by atoms with E-state index in [1.807, 2.05) is 0 Å². The molecule has 1 amide bonds. The zero-order chi connectivity index (χ0) is 20.3. The van der Waals surface area contributed by atoms with Gasteiger partial charge in [-0.2, -0.15) is 18.2 Å². The smallest absolute Gasteiger partial charge is 0.329 e. The van der Waals surface area contributed by atoms with E-state index in [0.717, 1.165) is 5.06 Å². The molecule has 0 aliphatic rings. The molecular weight excluding hydrogens is 399 g/mol. The Morgan fingerprint density at radius 1 is 1.18 bits per heavy atom. The number of halogens is 4. The van der Waals surface area contributed by atoms with E-state index in [9.17, 15) is 18.0 Å². The van der Waals surface area contributed by atoms with E-state index in [2.05, 4.69) is 14.7 Å². The number of hydrogen-bond acceptors (Lipinski definition) is 5. The molecule has 0 radical (unpaired) electrons. The van der Waals surface area contributed by atoms with Gasteiger partial charge in [-0.3, -0.25) is 9.63 Å². The standard InChI is InChI=1S/C18H13ClF3N3O3/c1-27-25(16(26)13-4-2-3-5-14(13)19)10-11-6-8-12(9-7-11)15-23-17(28-24-15)18(20,21)22/h2-9H,10H2,1H3. The number of carbonyl (C=O) groups excluding carboxylic acids is 1. The number of aromatic nitrogens is 2. The molecular formula is C18H13ClF3N3O3. The Kier molecular flexibility index (Phi) is 5.66. The topological polar surface area (TPSA) is 68.5 Å². The van der Waals surface area contributed by atoms with Crippen LogP contribution in [0.3, 0.4) is 0 Å². The maximum Gasteiger partial charge on any atom is 0.471 e. The van der Waals surface area contributed by atoms with Crippen molar-refractivity contribution in [2.24, 2.45) is 0 Å². The molecule has 0 spiro atoms. The van der Waals surface area contributed by atoms with Gasteiger partial charge in [0.1, 0.15) is 0 Å². The van der Waals surface area contributed by atoms with Gasteiger partial charge in [-0.05, 0) is 17.7 Å². The molecule has 0 saturated heterocycles. The molecule has 6 nitrogen and oxygen atoms in total. The molecule has 0 fully saturated rings. The molecule has 2 aromatic carbocycles. The van der Waals surface area contributed by atoms with Crippen LogP contribution in [0.1, 0.15) is 21.8 Å². The predicted molar refractivity (Wildman–Crippen MR) is 93.1 cm³/mol. The van der Waals surface area contributed by atoms with Crippen LogP contribution in [0.4, 0.5) is 13.2 Å². The van der Waals surface area contributed by atoms with E-state index in [0.29, 0.717) is 16.1 Å². The Bertz CT molecular complexity index is 974. The van der Waals surface area contributed by atoms with Crippen molar-refractivity contribution < 1.29 is 27.3 Å². The van der Waals surface area contributed by atoms with Crippen molar-refractivity contribution >= 4 is 17.5 Å². The average Bonchev–Trinajstić information content (AvgIpc) is 3.17. The van der Waals surface area contributed by atoms with Crippen molar-refractivity contribution in [1.29, 1.82) is 0 Å². The highest BCUT2D eigenvalue weighted by Gasteiger charge is 2.38. The molecule has 1 heterocycles. The summed E-state index contributed by atoms with van der Waals surface area (Å²) < 4.78 is 41.9. The predicted octanol–water partition coefficient (Wildman–Crippen LogP) is 4.61. The summed E-state index contributed by atoms with van der Waals surface area (Å²) in [5, 5.41) is 4.74. The first-order chi connectivity index (χ1) is 13.3. The third-order valence-electron chi connectivity index (χ3n) is 3.76. The highest BCUT2D eigenvalue weighted by atomic mass is 35.5. The minimum atomic E-state index is -4.71. The van der Waals surface area contributed by atoms with Crippen LogP contribution in [-0.2, 0) is 17.6 Å². The van der Waals surface area contributed by atoms with Crippen LogP contribution in [0.2, 0.25) is 5.02 Å². The second kappa shape index (κ2) is 7.99. The lowest BCUT2D eigenvalue weighted by Gasteiger charge is -2.20.